The highest BCUT2D eigenvalue weighted by Gasteiger charge is 2.18. The van der Waals surface area contributed by atoms with Gasteiger partial charge in [-0.2, -0.15) is 0 Å². The number of hydrogen-bond donors (Lipinski definition) is 2. The summed E-state index contributed by atoms with van der Waals surface area (Å²) in [5.74, 6) is 0.558. The first-order valence-electron chi connectivity index (χ1n) is 8.45. The molecular formula is C21H21NO3S2. The molecule has 0 amide bonds. The van der Waals surface area contributed by atoms with Crippen molar-refractivity contribution in [2.24, 2.45) is 0 Å². The van der Waals surface area contributed by atoms with Crippen LogP contribution in [0.1, 0.15) is 36.0 Å². The zero-order chi connectivity index (χ0) is 19.4. The number of benzene rings is 2. The number of rotatable bonds is 6. The van der Waals surface area contributed by atoms with Gasteiger partial charge in [0.05, 0.1) is 10.6 Å². The molecular weight excluding hydrogens is 378 g/mol. The Hall–Kier alpha value is -2.44. The summed E-state index contributed by atoms with van der Waals surface area (Å²) in [6.07, 6.45) is 0. The van der Waals surface area contributed by atoms with E-state index in [1.54, 1.807) is 11.4 Å². The maximum absolute atomic E-state index is 11.3. The summed E-state index contributed by atoms with van der Waals surface area (Å²) in [4.78, 5) is 12.5. The molecule has 2 aromatic carbocycles. The van der Waals surface area contributed by atoms with Gasteiger partial charge in [0, 0.05) is 0 Å². The van der Waals surface area contributed by atoms with Crippen LogP contribution >= 0.6 is 23.3 Å². The molecule has 0 atom stereocenters. The standard InChI is InChI=1S/C21H21NO3S2/c1-21(2,3)14-9-10-18(17(13-14)25-15-7-5-4-6-8-15)27-22-16-11-12-26-19(16)20(23)24/h4-13,22H,1-3H3,(H,23,24). The molecule has 6 heteroatoms. The lowest BCUT2D eigenvalue weighted by atomic mass is 9.87. The summed E-state index contributed by atoms with van der Waals surface area (Å²) in [7, 11) is 0. The van der Waals surface area contributed by atoms with Crippen molar-refractivity contribution in [2.45, 2.75) is 31.1 Å². The van der Waals surface area contributed by atoms with Crippen LogP contribution in [0.5, 0.6) is 11.5 Å². The smallest absolute Gasteiger partial charge is 0.348 e. The molecule has 0 aliphatic heterocycles. The topological polar surface area (TPSA) is 58.6 Å². The Morgan fingerprint density at radius 3 is 2.52 bits per heavy atom. The SMILES string of the molecule is CC(C)(C)c1ccc(SNc2ccsc2C(=O)O)c(Oc2ccccc2)c1. The largest absolute Gasteiger partial charge is 0.477 e. The molecule has 2 N–H and O–H groups in total. The first kappa shape index (κ1) is 19.3. The van der Waals surface area contributed by atoms with Crippen LogP contribution in [0.3, 0.4) is 0 Å². The molecule has 0 saturated carbocycles. The minimum Gasteiger partial charge on any atom is -0.477 e. The van der Waals surface area contributed by atoms with E-state index in [1.165, 1.54) is 28.8 Å². The summed E-state index contributed by atoms with van der Waals surface area (Å²) in [6, 6.07) is 17.5. The summed E-state index contributed by atoms with van der Waals surface area (Å²) >= 11 is 2.54. The highest BCUT2D eigenvalue weighted by atomic mass is 32.2. The highest BCUT2D eigenvalue weighted by Crippen LogP contribution is 2.38. The predicted molar refractivity (Wildman–Crippen MR) is 112 cm³/mol. The van der Waals surface area contributed by atoms with Crippen LogP contribution in [0, 0.1) is 0 Å². The Bertz CT molecular complexity index is 930. The monoisotopic (exact) mass is 399 g/mol. The van der Waals surface area contributed by atoms with E-state index in [4.69, 9.17) is 4.74 Å². The first-order chi connectivity index (χ1) is 12.8. The Kier molecular flexibility index (Phi) is 5.77. The van der Waals surface area contributed by atoms with Crippen molar-refractivity contribution >= 4 is 34.9 Å². The summed E-state index contributed by atoms with van der Waals surface area (Å²) in [5, 5.41) is 11.0. The van der Waals surface area contributed by atoms with Gasteiger partial charge in [0.1, 0.15) is 16.4 Å². The van der Waals surface area contributed by atoms with Gasteiger partial charge >= 0.3 is 5.97 Å². The van der Waals surface area contributed by atoms with Crippen LogP contribution in [0.15, 0.2) is 64.9 Å². The number of nitrogens with one attached hydrogen (secondary N) is 1. The second-order valence-electron chi connectivity index (χ2n) is 7.00. The Balaban J connectivity index is 1.89. The molecule has 3 rings (SSSR count). The molecule has 140 valence electrons. The Morgan fingerprint density at radius 1 is 1.11 bits per heavy atom. The van der Waals surface area contributed by atoms with E-state index in [1.807, 2.05) is 42.5 Å². The number of thiophene rings is 1. The second-order valence-corrected chi connectivity index (χ2v) is 8.76. The van der Waals surface area contributed by atoms with E-state index in [0.29, 0.717) is 10.6 Å². The number of aromatic carboxylic acids is 1. The third kappa shape index (κ3) is 4.84. The lowest BCUT2D eigenvalue weighted by Crippen LogP contribution is -2.11. The van der Waals surface area contributed by atoms with Crippen LogP contribution in [0.4, 0.5) is 5.69 Å². The van der Waals surface area contributed by atoms with Gasteiger partial charge < -0.3 is 14.6 Å². The van der Waals surface area contributed by atoms with Crippen LogP contribution in [0.25, 0.3) is 0 Å². The summed E-state index contributed by atoms with van der Waals surface area (Å²) < 4.78 is 9.26. The molecule has 0 saturated heterocycles. The number of carbonyl (C=O) groups is 1. The average Bonchev–Trinajstić information content (AvgIpc) is 3.09. The molecule has 0 spiro atoms. The third-order valence-corrected chi connectivity index (χ3v) is 5.69. The van der Waals surface area contributed by atoms with Crippen LogP contribution < -0.4 is 9.46 Å². The second kappa shape index (κ2) is 8.06. The van der Waals surface area contributed by atoms with E-state index in [9.17, 15) is 9.90 Å². The lowest BCUT2D eigenvalue weighted by Gasteiger charge is -2.21. The average molecular weight is 400 g/mol. The number of hydrogen-bond acceptors (Lipinski definition) is 5. The Labute approximate surface area is 167 Å². The number of carboxylic acids is 1. The summed E-state index contributed by atoms with van der Waals surface area (Å²) in [6.45, 7) is 6.47. The van der Waals surface area contributed by atoms with Crippen molar-refractivity contribution in [2.75, 3.05) is 4.72 Å². The van der Waals surface area contributed by atoms with Gasteiger partial charge in [-0.05, 0) is 58.6 Å². The van der Waals surface area contributed by atoms with Gasteiger partial charge in [0.15, 0.2) is 0 Å². The van der Waals surface area contributed by atoms with E-state index in [-0.39, 0.29) is 5.41 Å². The van der Waals surface area contributed by atoms with Gasteiger partial charge in [-0.25, -0.2) is 4.79 Å². The lowest BCUT2D eigenvalue weighted by molar-refractivity contribution is 0.0703. The maximum Gasteiger partial charge on any atom is 0.348 e. The normalized spacial score (nSPS) is 11.2. The zero-order valence-corrected chi connectivity index (χ0v) is 17.0. The van der Waals surface area contributed by atoms with Crippen molar-refractivity contribution in [1.82, 2.24) is 0 Å². The van der Waals surface area contributed by atoms with Gasteiger partial charge in [-0.15, -0.1) is 11.3 Å². The molecule has 0 aliphatic rings. The maximum atomic E-state index is 11.3. The van der Waals surface area contributed by atoms with Gasteiger partial charge in [0.25, 0.3) is 0 Å². The van der Waals surface area contributed by atoms with Crippen molar-refractivity contribution < 1.29 is 14.6 Å². The van der Waals surface area contributed by atoms with Crippen LogP contribution in [-0.2, 0) is 5.41 Å². The quantitative estimate of drug-likeness (QED) is 0.454. The molecule has 1 aromatic heterocycles. The number of carboxylic acid groups (broad SMARTS) is 1. The van der Waals surface area contributed by atoms with Crippen molar-refractivity contribution in [3.05, 3.63) is 70.4 Å². The molecule has 4 nitrogen and oxygen atoms in total. The number of para-hydroxylation sites is 1. The fraction of sp³-hybridized carbons (Fsp3) is 0.190. The molecule has 1 heterocycles. The zero-order valence-electron chi connectivity index (χ0n) is 15.4. The molecule has 3 aromatic rings. The Morgan fingerprint density at radius 2 is 1.85 bits per heavy atom. The van der Waals surface area contributed by atoms with Crippen molar-refractivity contribution in [3.8, 4) is 11.5 Å². The molecule has 27 heavy (non-hydrogen) atoms. The molecule has 0 fully saturated rings. The minimum absolute atomic E-state index is 0.00470. The predicted octanol–water partition coefficient (Wildman–Crippen LogP) is 6.66. The highest BCUT2D eigenvalue weighted by molar-refractivity contribution is 8.00. The third-order valence-electron chi connectivity index (χ3n) is 3.91. The van der Waals surface area contributed by atoms with Crippen molar-refractivity contribution in [3.63, 3.8) is 0 Å². The van der Waals surface area contributed by atoms with Crippen molar-refractivity contribution in [1.29, 1.82) is 0 Å². The molecule has 0 bridgehead atoms. The molecule has 0 aliphatic carbocycles. The van der Waals surface area contributed by atoms with E-state index in [0.717, 1.165) is 16.4 Å². The van der Waals surface area contributed by atoms with Gasteiger partial charge in [-0.1, -0.05) is 45.0 Å². The van der Waals surface area contributed by atoms with Crippen LogP contribution in [0.2, 0.25) is 0 Å². The fourth-order valence-electron chi connectivity index (χ4n) is 2.42. The van der Waals surface area contributed by atoms with Gasteiger partial charge in [0.2, 0.25) is 0 Å². The van der Waals surface area contributed by atoms with E-state index >= 15 is 0 Å². The summed E-state index contributed by atoms with van der Waals surface area (Å²) in [5.41, 5.74) is 1.75. The first-order valence-corrected chi connectivity index (χ1v) is 10.2. The van der Waals surface area contributed by atoms with E-state index < -0.39 is 5.97 Å². The number of ether oxygens (including phenoxy) is 1. The fourth-order valence-corrected chi connectivity index (χ4v) is 3.90. The minimum atomic E-state index is -0.933. The van der Waals surface area contributed by atoms with Gasteiger partial charge in [-0.3, -0.25) is 0 Å². The van der Waals surface area contributed by atoms with Crippen LogP contribution in [-0.4, -0.2) is 11.1 Å². The number of anilines is 1. The molecule has 0 radical (unpaired) electrons. The molecule has 0 unspecified atom stereocenters. The van der Waals surface area contributed by atoms with E-state index in [2.05, 4.69) is 31.6 Å².